The molecule has 0 bridgehead atoms. The van der Waals surface area contributed by atoms with Crippen LogP contribution in [0.25, 0.3) is 0 Å². The number of nitrogens with zero attached hydrogens (tertiary/aromatic N) is 1. The first-order valence-corrected chi connectivity index (χ1v) is 6.62. The molecule has 1 atom stereocenters. The fourth-order valence-corrected chi connectivity index (χ4v) is 3.39. The molecule has 0 aromatic heterocycles. The Balaban J connectivity index is 2.56. The van der Waals surface area contributed by atoms with E-state index in [9.17, 15) is 8.42 Å². The lowest BCUT2D eigenvalue weighted by Crippen LogP contribution is -2.34. The molecule has 0 amide bonds. The average Bonchev–Trinajstić information content (AvgIpc) is 2.38. The number of nitrogen functional groups attached to an aromatic ring is 1. The first kappa shape index (κ1) is 10.3. The Morgan fingerprint density at radius 3 is 2.73 bits per heavy atom. The Morgan fingerprint density at radius 1 is 1.47 bits per heavy atom. The highest BCUT2D eigenvalue weighted by Gasteiger charge is 2.32. The molecule has 0 spiro atoms. The van der Waals surface area contributed by atoms with E-state index in [4.69, 9.17) is 5.73 Å². The van der Waals surface area contributed by atoms with Gasteiger partial charge in [0, 0.05) is 11.7 Å². The van der Waals surface area contributed by atoms with Crippen molar-refractivity contribution < 1.29 is 8.42 Å². The third-order valence-corrected chi connectivity index (χ3v) is 3.89. The molecule has 82 valence electrons. The molecule has 15 heavy (non-hydrogen) atoms. The summed E-state index contributed by atoms with van der Waals surface area (Å²) >= 11 is 0. The number of sulfonamides is 1. The zero-order chi connectivity index (χ0) is 11.2. The van der Waals surface area contributed by atoms with E-state index < -0.39 is 10.0 Å². The van der Waals surface area contributed by atoms with Gasteiger partial charge in [0.2, 0.25) is 10.0 Å². The Morgan fingerprint density at radius 2 is 2.13 bits per heavy atom. The quantitative estimate of drug-likeness (QED) is 0.726. The summed E-state index contributed by atoms with van der Waals surface area (Å²) in [6.45, 7) is 1.90. The van der Waals surface area contributed by atoms with Crippen molar-refractivity contribution in [2.45, 2.75) is 19.4 Å². The Hall–Kier alpha value is -1.23. The van der Waals surface area contributed by atoms with Gasteiger partial charge in [-0.2, -0.15) is 0 Å². The molecule has 0 saturated carbocycles. The van der Waals surface area contributed by atoms with Gasteiger partial charge in [-0.25, -0.2) is 8.42 Å². The number of fused-ring (bicyclic) bond motifs is 1. The van der Waals surface area contributed by atoms with Crippen molar-refractivity contribution in [2.24, 2.45) is 0 Å². The second-order valence-corrected chi connectivity index (χ2v) is 5.86. The minimum Gasteiger partial charge on any atom is -0.399 e. The van der Waals surface area contributed by atoms with Crippen molar-refractivity contribution >= 4 is 21.4 Å². The van der Waals surface area contributed by atoms with Gasteiger partial charge in [-0.15, -0.1) is 0 Å². The van der Waals surface area contributed by atoms with Gasteiger partial charge >= 0.3 is 0 Å². The topological polar surface area (TPSA) is 63.4 Å². The SMILES string of the molecule is CC1Cc2cc(N)ccc2N1S(C)(=O)=O. The van der Waals surface area contributed by atoms with Crippen molar-refractivity contribution in [3.8, 4) is 0 Å². The number of anilines is 2. The molecule has 1 aromatic carbocycles. The van der Waals surface area contributed by atoms with Crippen LogP contribution in [0.15, 0.2) is 18.2 Å². The number of benzene rings is 1. The van der Waals surface area contributed by atoms with Gasteiger partial charge in [-0.3, -0.25) is 4.31 Å². The van der Waals surface area contributed by atoms with Gasteiger partial charge < -0.3 is 5.73 Å². The van der Waals surface area contributed by atoms with Gasteiger partial charge in [-0.05, 0) is 37.1 Å². The van der Waals surface area contributed by atoms with Gasteiger partial charge in [-0.1, -0.05) is 0 Å². The monoisotopic (exact) mass is 226 g/mol. The Kier molecular flexibility index (Phi) is 2.15. The van der Waals surface area contributed by atoms with Crippen LogP contribution < -0.4 is 10.0 Å². The van der Waals surface area contributed by atoms with Crippen LogP contribution in [-0.2, 0) is 16.4 Å². The summed E-state index contributed by atoms with van der Waals surface area (Å²) in [5.41, 5.74) is 8.11. The summed E-state index contributed by atoms with van der Waals surface area (Å²) in [4.78, 5) is 0. The first-order chi connectivity index (χ1) is 6.89. The molecule has 0 radical (unpaired) electrons. The first-order valence-electron chi connectivity index (χ1n) is 4.77. The van der Waals surface area contributed by atoms with Crippen molar-refractivity contribution in [3.05, 3.63) is 23.8 Å². The smallest absolute Gasteiger partial charge is 0.232 e. The molecule has 0 fully saturated rings. The maximum Gasteiger partial charge on any atom is 0.232 e. The Bertz CT molecular complexity index is 496. The van der Waals surface area contributed by atoms with Crippen LogP contribution in [-0.4, -0.2) is 20.7 Å². The van der Waals surface area contributed by atoms with Crippen LogP contribution in [0.2, 0.25) is 0 Å². The van der Waals surface area contributed by atoms with E-state index in [0.29, 0.717) is 5.69 Å². The summed E-state index contributed by atoms with van der Waals surface area (Å²) < 4.78 is 24.6. The fraction of sp³-hybridized carbons (Fsp3) is 0.400. The van der Waals surface area contributed by atoms with Crippen LogP contribution in [0.4, 0.5) is 11.4 Å². The average molecular weight is 226 g/mol. The number of hydrogen-bond donors (Lipinski definition) is 1. The largest absolute Gasteiger partial charge is 0.399 e. The Labute approximate surface area is 89.7 Å². The number of nitrogens with two attached hydrogens (primary N) is 1. The van der Waals surface area contributed by atoms with Gasteiger partial charge in [0.15, 0.2) is 0 Å². The van der Waals surface area contributed by atoms with E-state index in [2.05, 4.69) is 0 Å². The van der Waals surface area contributed by atoms with E-state index in [-0.39, 0.29) is 6.04 Å². The van der Waals surface area contributed by atoms with Crippen LogP contribution in [0, 0.1) is 0 Å². The molecule has 1 heterocycles. The van der Waals surface area contributed by atoms with Gasteiger partial charge in [0.05, 0.1) is 11.9 Å². The van der Waals surface area contributed by atoms with E-state index in [0.717, 1.165) is 17.7 Å². The lowest BCUT2D eigenvalue weighted by molar-refractivity contribution is 0.590. The lowest BCUT2D eigenvalue weighted by Gasteiger charge is -2.21. The highest BCUT2D eigenvalue weighted by molar-refractivity contribution is 7.92. The van der Waals surface area contributed by atoms with Crippen molar-refractivity contribution in [1.29, 1.82) is 0 Å². The second kappa shape index (κ2) is 3.13. The molecule has 2 N–H and O–H groups in total. The van der Waals surface area contributed by atoms with Crippen LogP contribution in [0.5, 0.6) is 0 Å². The standard InChI is InChI=1S/C10H14N2O2S/c1-7-5-8-6-9(11)3-4-10(8)12(7)15(2,13)14/h3-4,6-7H,5,11H2,1-2H3. The molecule has 5 heteroatoms. The lowest BCUT2D eigenvalue weighted by atomic mass is 10.1. The summed E-state index contributed by atoms with van der Waals surface area (Å²) in [5.74, 6) is 0. The summed E-state index contributed by atoms with van der Waals surface area (Å²) in [7, 11) is -3.19. The van der Waals surface area contributed by atoms with Gasteiger partial charge in [0.25, 0.3) is 0 Å². The van der Waals surface area contributed by atoms with Crippen molar-refractivity contribution in [3.63, 3.8) is 0 Å². The van der Waals surface area contributed by atoms with Crippen LogP contribution in [0.1, 0.15) is 12.5 Å². The fourth-order valence-electron chi connectivity index (χ4n) is 2.13. The predicted molar refractivity (Wildman–Crippen MR) is 61.3 cm³/mol. The zero-order valence-electron chi connectivity index (χ0n) is 8.77. The maximum atomic E-state index is 11.6. The molecule has 1 aliphatic heterocycles. The highest BCUT2D eigenvalue weighted by atomic mass is 32.2. The van der Waals surface area contributed by atoms with E-state index in [1.54, 1.807) is 12.1 Å². The maximum absolute atomic E-state index is 11.6. The summed E-state index contributed by atoms with van der Waals surface area (Å²) in [5, 5.41) is 0. The molecule has 4 nitrogen and oxygen atoms in total. The minimum atomic E-state index is -3.19. The minimum absolute atomic E-state index is 0.0169. The second-order valence-electron chi connectivity index (χ2n) is 4.00. The highest BCUT2D eigenvalue weighted by Crippen LogP contribution is 2.34. The molecule has 1 aliphatic rings. The molecular formula is C10H14N2O2S. The van der Waals surface area contributed by atoms with E-state index in [1.165, 1.54) is 10.6 Å². The van der Waals surface area contributed by atoms with E-state index >= 15 is 0 Å². The molecule has 2 rings (SSSR count). The number of hydrogen-bond acceptors (Lipinski definition) is 3. The zero-order valence-corrected chi connectivity index (χ0v) is 9.58. The van der Waals surface area contributed by atoms with E-state index in [1.807, 2.05) is 13.0 Å². The van der Waals surface area contributed by atoms with Crippen LogP contribution in [0.3, 0.4) is 0 Å². The van der Waals surface area contributed by atoms with Crippen LogP contribution >= 0.6 is 0 Å². The molecule has 1 aromatic rings. The summed E-state index contributed by atoms with van der Waals surface area (Å²) in [6.07, 6.45) is 1.96. The summed E-state index contributed by atoms with van der Waals surface area (Å²) in [6, 6.07) is 5.33. The third-order valence-electron chi connectivity index (χ3n) is 2.61. The normalized spacial score (nSPS) is 20.4. The molecule has 0 aliphatic carbocycles. The third kappa shape index (κ3) is 1.67. The van der Waals surface area contributed by atoms with Gasteiger partial charge in [0.1, 0.15) is 0 Å². The number of rotatable bonds is 1. The molecule has 1 unspecified atom stereocenters. The predicted octanol–water partition coefficient (Wildman–Crippen LogP) is 0.979. The van der Waals surface area contributed by atoms with Crippen molar-refractivity contribution in [1.82, 2.24) is 0 Å². The van der Waals surface area contributed by atoms with Crippen molar-refractivity contribution in [2.75, 3.05) is 16.3 Å². The molecular weight excluding hydrogens is 212 g/mol. The molecule has 0 saturated heterocycles.